The summed E-state index contributed by atoms with van der Waals surface area (Å²) >= 11 is 0. The van der Waals surface area contributed by atoms with Gasteiger partial charge in [0.25, 0.3) is 0 Å². The van der Waals surface area contributed by atoms with Crippen LogP contribution in [0.4, 0.5) is 4.79 Å². The van der Waals surface area contributed by atoms with Crippen LogP contribution in [-0.4, -0.2) is 29.8 Å². The Balaban J connectivity index is 0. The van der Waals surface area contributed by atoms with Crippen molar-refractivity contribution in [2.45, 2.75) is 33.6 Å². The molecule has 0 aliphatic rings. The summed E-state index contributed by atoms with van der Waals surface area (Å²) in [5, 5.41) is 7.92. The first-order valence-electron chi connectivity index (χ1n) is 4.44. The van der Waals surface area contributed by atoms with E-state index in [1.165, 1.54) is 13.8 Å². The van der Waals surface area contributed by atoms with Crippen LogP contribution >= 0.6 is 0 Å². The molecule has 15 heavy (non-hydrogen) atoms. The van der Waals surface area contributed by atoms with Crippen LogP contribution < -0.4 is 0 Å². The Morgan fingerprint density at radius 2 is 1.60 bits per heavy atom. The van der Waals surface area contributed by atoms with E-state index >= 15 is 0 Å². The zero-order valence-corrected chi connectivity index (χ0v) is 9.11. The molecule has 0 aromatic carbocycles. The number of carboxylic acid groups (broad SMARTS) is 1. The Morgan fingerprint density at radius 3 is 1.80 bits per heavy atom. The molecule has 1 N–H and O–H groups in total. The number of hydrogen-bond donors (Lipinski definition) is 1. The summed E-state index contributed by atoms with van der Waals surface area (Å²) in [4.78, 5) is 29.3. The van der Waals surface area contributed by atoms with Crippen LogP contribution in [0.3, 0.4) is 0 Å². The number of ether oxygens (including phenoxy) is 2. The lowest BCUT2D eigenvalue weighted by molar-refractivity contribution is -0.156. The molecule has 0 saturated heterocycles. The zero-order valence-electron chi connectivity index (χ0n) is 9.11. The zero-order chi connectivity index (χ0) is 12.3. The standard InChI is InChI=1S/C5H10O3.C4H6O3/c1-2-3-4-8-5(6)7;1-3(5)7-4(2)6/h2-4H2,1H3,(H,6,7);1-2H3. The predicted octanol–water partition coefficient (Wildman–Crippen LogP) is 1.58. The number of esters is 2. The first-order valence-corrected chi connectivity index (χ1v) is 4.44. The maximum atomic E-state index is 9.81. The molecule has 0 spiro atoms. The second kappa shape index (κ2) is 10.5. The van der Waals surface area contributed by atoms with Crippen molar-refractivity contribution in [1.29, 1.82) is 0 Å². The minimum absolute atomic E-state index is 0.325. The van der Waals surface area contributed by atoms with Gasteiger partial charge in [0.2, 0.25) is 0 Å². The average Bonchev–Trinajstić information content (AvgIpc) is 2.02. The van der Waals surface area contributed by atoms with Gasteiger partial charge in [0.15, 0.2) is 0 Å². The van der Waals surface area contributed by atoms with E-state index in [0.29, 0.717) is 6.61 Å². The summed E-state index contributed by atoms with van der Waals surface area (Å²) < 4.78 is 8.17. The minimum Gasteiger partial charge on any atom is -0.450 e. The van der Waals surface area contributed by atoms with E-state index in [2.05, 4.69) is 9.47 Å². The fourth-order valence-electron chi connectivity index (χ4n) is 0.506. The molecular weight excluding hydrogens is 204 g/mol. The molecule has 0 bridgehead atoms. The normalized spacial score (nSPS) is 8.20. The maximum absolute atomic E-state index is 9.81. The van der Waals surface area contributed by atoms with E-state index in [-0.39, 0.29) is 0 Å². The molecule has 6 heteroatoms. The first-order chi connectivity index (χ1) is 6.90. The van der Waals surface area contributed by atoms with E-state index < -0.39 is 18.1 Å². The molecule has 0 rings (SSSR count). The topological polar surface area (TPSA) is 89.9 Å². The molecule has 0 atom stereocenters. The third-order valence-corrected chi connectivity index (χ3v) is 1.01. The summed E-state index contributed by atoms with van der Waals surface area (Å²) in [6.45, 7) is 4.67. The highest BCUT2D eigenvalue weighted by molar-refractivity contribution is 5.82. The SMILES string of the molecule is CC(=O)OC(C)=O.CCCCOC(=O)O. The molecule has 0 unspecified atom stereocenters. The molecule has 6 nitrogen and oxygen atoms in total. The smallest absolute Gasteiger partial charge is 0.450 e. The third kappa shape index (κ3) is 24.5. The molecule has 0 fully saturated rings. The Labute approximate surface area is 88.2 Å². The number of rotatable bonds is 3. The van der Waals surface area contributed by atoms with Crippen LogP contribution in [-0.2, 0) is 19.1 Å². The van der Waals surface area contributed by atoms with Crippen LogP contribution in [0.25, 0.3) is 0 Å². The van der Waals surface area contributed by atoms with Crippen molar-refractivity contribution in [3.05, 3.63) is 0 Å². The molecule has 88 valence electrons. The van der Waals surface area contributed by atoms with E-state index in [1.54, 1.807) is 0 Å². The van der Waals surface area contributed by atoms with Gasteiger partial charge >= 0.3 is 18.1 Å². The van der Waals surface area contributed by atoms with Crippen molar-refractivity contribution in [3.63, 3.8) is 0 Å². The van der Waals surface area contributed by atoms with Gasteiger partial charge in [-0.15, -0.1) is 0 Å². The highest BCUT2D eigenvalue weighted by Crippen LogP contribution is 1.86. The van der Waals surface area contributed by atoms with Gasteiger partial charge in [-0.3, -0.25) is 9.59 Å². The third-order valence-electron chi connectivity index (χ3n) is 1.01. The van der Waals surface area contributed by atoms with E-state index in [4.69, 9.17) is 5.11 Å². The van der Waals surface area contributed by atoms with Crippen molar-refractivity contribution < 1.29 is 29.0 Å². The van der Waals surface area contributed by atoms with E-state index in [0.717, 1.165) is 12.8 Å². The fourth-order valence-corrected chi connectivity index (χ4v) is 0.506. The second-order valence-electron chi connectivity index (χ2n) is 2.55. The molecule has 0 saturated carbocycles. The summed E-state index contributed by atoms with van der Waals surface area (Å²) in [7, 11) is 0. The van der Waals surface area contributed by atoms with Gasteiger partial charge in [0.05, 0.1) is 6.61 Å². The Hall–Kier alpha value is -1.59. The predicted molar refractivity (Wildman–Crippen MR) is 51.3 cm³/mol. The van der Waals surface area contributed by atoms with Gasteiger partial charge in [-0.05, 0) is 6.42 Å². The van der Waals surface area contributed by atoms with Gasteiger partial charge in [-0.2, -0.15) is 0 Å². The maximum Gasteiger partial charge on any atom is 0.505 e. The van der Waals surface area contributed by atoms with Crippen LogP contribution in [0.5, 0.6) is 0 Å². The highest BCUT2D eigenvalue weighted by Gasteiger charge is 1.93. The summed E-state index contributed by atoms with van der Waals surface area (Å²) in [5.41, 5.74) is 0. The Bertz CT molecular complexity index is 199. The lowest BCUT2D eigenvalue weighted by atomic mass is 10.4. The molecule has 0 radical (unpaired) electrons. The molecule has 0 amide bonds. The lowest BCUT2D eigenvalue weighted by Crippen LogP contribution is -2.03. The highest BCUT2D eigenvalue weighted by atomic mass is 16.7. The van der Waals surface area contributed by atoms with Crippen LogP contribution in [0, 0.1) is 0 Å². The van der Waals surface area contributed by atoms with Gasteiger partial charge < -0.3 is 14.6 Å². The monoisotopic (exact) mass is 220 g/mol. The van der Waals surface area contributed by atoms with Crippen LogP contribution in [0.2, 0.25) is 0 Å². The molecule has 0 aromatic heterocycles. The van der Waals surface area contributed by atoms with Gasteiger partial charge in [-0.1, -0.05) is 13.3 Å². The number of hydrogen-bond acceptors (Lipinski definition) is 5. The quantitative estimate of drug-likeness (QED) is 0.441. The number of carbonyl (C=O) groups is 3. The van der Waals surface area contributed by atoms with E-state index in [1.807, 2.05) is 6.92 Å². The molecule has 0 aromatic rings. The summed E-state index contributed by atoms with van der Waals surface area (Å²) in [6.07, 6.45) is 0.595. The molecule has 0 aliphatic heterocycles. The van der Waals surface area contributed by atoms with Crippen molar-refractivity contribution in [1.82, 2.24) is 0 Å². The number of carbonyl (C=O) groups excluding carboxylic acids is 2. The Morgan fingerprint density at radius 1 is 1.13 bits per heavy atom. The van der Waals surface area contributed by atoms with Gasteiger partial charge in [0, 0.05) is 13.8 Å². The molecule has 0 aliphatic carbocycles. The van der Waals surface area contributed by atoms with Crippen LogP contribution in [0.1, 0.15) is 33.6 Å². The first kappa shape index (κ1) is 15.9. The number of unbranched alkanes of at least 4 members (excludes halogenated alkanes) is 1. The summed E-state index contributed by atoms with van der Waals surface area (Å²) in [5.74, 6) is -1.12. The minimum atomic E-state index is -1.18. The largest absolute Gasteiger partial charge is 0.505 e. The van der Waals surface area contributed by atoms with Crippen molar-refractivity contribution >= 4 is 18.1 Å². The molecule has 0 heterocycles. The van der Waals surface area contributed by atoms with Crippen molar-refractivity contribution in [3.8, 4) is 0 Å². The average molecular weight is 220 g/mol. The van der Waals surface area contributed by atoms with Gasteiger partial charge in [0.1, 0.15) is 0 Å². The summed E-state index contributed by atoms with van der Waals surface area (Å²) in [6, 6.07) is 0. The van der Waals surface area contributed by atoms with Crippen molar-refractivity contribution in [2.75, 3.05) is 6.61 Å². The van der Waals surface area contributed by atoms with E-state index in [9.17, 15) is 14.4 Å². The molecular formula is C9H16O6. The van der Waals surface area contributed by atoms with Crippen molar-refractivity contribution in [2.24, 2.45) is 0 Å². The fraction of sp³-hybridized carbons (Fsp3) is 0.667. The van der Waals surface area contributed by atoms with Crippen LogP contribution in [0.15, 0.2) is 0 Å². The van der Waals surface area contributed by atoms with Gasteiger partial charge in [-0.25, -0.2) is 4.79 Å². The lowest BCUT2D eigenvalue weighted by Gasteiger charge is -1.94. The Kier molecular flexibility index (Phi) is 11.1. The second-order valence-corrected chi connectivity index (χ2v) is 2.55.